The molecule has 1 fully saturated rings. The average Bonchev–Trinajstić information content (AvgIpc) is 2.69. The standard InChI is InChI=1S/C21H26N2O3S/c1-16-8-6-7-11-20(16)17(2)22-21(24)18-12-14-23(15-13-18)27(25,26)19-9-4-3-5-10-19/h3-11,17-18H,12-15H2,1-2H3,(H,22,24)/t17-/m1/s1. The highest BCUT2D eigenvalue weighted by Gasteiger charge is 2.32. The SMILES string of the molecule is Cc1ccccc1[C@@H](C)NC(=O)C1CCN(S(=O)(=O)c2ccccc2)CC1. The predicted molar refractivity (Wildman–Crippen MR) is 106 cm³/mol. The highest BCUT2D eigenvalue weighted by Crippen LogP contribution is 2.25. The zero-order valence-corrected chi connectivity index (χ0v) is 16.6. The number of nitrogens with one attached hydrogen (secondary N) is 1. The first kappa shape index (κ1) is 19.6. The Labute approximate surface area is 161 Å². The van der Waals surface area contributed by atoms with Gasteiger partial charge in [-0.25, -0.2) is 8.42 Å². The Kier molecular flexibility index (Phi) is 5.97. The zero-order chi connectivity index (χ0) is 19.4. The van der Waals surface area contributed by atoms with Crippen LogP contribution in [0.4, 0.5) is 0 Å². The number of sulfonamides is 1. The summed E-state index contributed by atoms with van der Waals surface area (Å²) in [6.07, 6.45) is 1.08. The van der Waals surface area contributed by atoms with Crippen molar-refractivity contribution in [2.24, 2.45) is 5.92 Å². The van der Waals surface area contributed by atoms with Gasteiger partial charge >= 0.3 is 0 Å². The van der Waals surface area contributed by atoms with Crippen LogP contribution in [0.3, 0.4) is 0 Å². The Morgan fingerprint density at radius 3 is 2.26 bits per heavy atom. The second-order valence-corrected chi connectivity index (χ2v) is 9.02. The molecular weight excluding hydrogens is 360 g/mol. The number of amides is 1. The van der Waals surface area contributed by atoms with E-state index in [4.69, 9.17) is 0 Å². The van der Waals surface area contributed by atoms with Crippen molar-refractivity contribution in [3.8, 4) is 0 Å². The minimum absolute atomic E-state index is 0.00233. The second-order valence-electron chi connectivity index (χ2n) is 7.08. The number of nitrogens with zero attached hydrogens (tertiary/aromatic N) is 1. The van der Waals surface area contributed by atoms with E-state index in [9.17, 15) is 13.2 Å². The molecule has 1 heterocycles. The van der Waals surface area contributed by atoms with Gasteiger partial charge in [-0.3, -0.25) is 4.79 Å². The lowest BCUT2D eigenvalue weighted by Crippen LogP contribution is -2.43. The first-order valence-corrected chi connectivity index (χ1v) is 10.7. The molecule has 0 unspecified atom stereocenters. The van der Waals surface area contributed by atoms with Crippen LogP contribution in [0, 0.1) is 12.8 Å². The molecule has 0 aromatic heterocycles. The molecule has 1 amide bonds. The lowest BCUT2D eigenvalue weighted by atomic mass is 9.96. The Morgan fingerprint density at radius 1 is 1.04 bits per heavy atom. The van der Waals surface area contributed by atoms with E-state index in [1.165, 1.54) is 4.31 Å². The lowest BCUT2D eigenvalue weighted by Gasteiger charge is -2.31. The lowest BCUT2D eigenvalue weighted by molar-refractivity contribution is -0.126. The number of hydrogen-bond acceptors (Lipinski definition) is 3. The Bertz CT molecular complexity index is 889. The number of piperidine rings is 1. The summed E-state index contributed by atoms with van der Waals surface area (Å²) in [6.45, 7) is 4.75. The summed E-state index contributed by atoms with van der Waals surface area (Å²) in [6, 6.07) is 16.4. The van der Waals surface area contributed by atoms with Crippen molar-refractivity contribution in [2.45, 2.75) is 37.6 Å². The Morgan fingerprint density at radius 2 is 1.63 bits per heavy atom. The van der Waals surface area contributed by atoms with E-state index in [1.807, 2.05) is 38.1 Å². The maximum Gasteiger partial charge on any atom is 0.243 e. The van der Waals surface area contributed by atoms with Crippen LogP contribution in [-0.2, 0) is 14.8 Å². The molecule has 1 N–H and O–H groups in total. The van der Waals surface area contributed by atoms with Gasteiger partial charge in [-0.05, 0) is 49.9 Å². The van der Waals surface area contributed by atoms with Gasteiger partial charge in [0.2, 0.25) is 15.9 Å². The number of hydrogen-bond donors (Lipinski definition) is 1. The van der Waals surface area contributed by atoms with Crippen LogP contribution < -0.4 is 5.32 Å². The number of carbonyl (C=O) groups is 1. The smallest absolute Gasteiger partial charge is 0.243 e. The van der Waals surface area contributed by atoms with Gasteiger partial charge < -0.3 is 5.32 Å². The minimum atomic E-state index is -3.48. The summed E-state index contributed by atoms with van der Waals surface area (Å²) in [7, 11) is -3.48. The molecule has 2 aromatic rings. The summed E-state index contributed by atoms with van der Waals surface area (Å²) in [5.74, 6) is -0.152. The number of benzene rings is 2. The molecule has 0 saturated carbocycles. The average molecular weight is 387 g/mol. The molecule has 144 valence electrons. The summed E-state index contributed by atoms with van der Waals surface area (Å²) < 4.78 is 26.9. The maximum atomic E-state index is 12.7. The van der Waals surface area contributed by atoms with E-state index in [2.05, 4.69) is 5.32 Å². The number of aryl methyl sites for hydroxylation is 1. The van der Waals surface area contributed by atoms with E-state index in [0.717, 1.165) is 11.1 Å². The van der Waals surface area contributed by atoms with Crippen molar-refractivity contribution < 1.29 is 13.2 Å². The third-order valence-electron chi connectivity index (χ3n) is 5.22. The minimum Gasteiger partial charge on any atom is -0.349 e. The molecule has 27 heavy (non-hydrogen) atoms. The van der Waals surface area contributed by atoms with Crippen molar-refractivity contribution in [1.82, 2.24) is 9.62 Å². The summed E-state index contributed by atoms with van der Waals surface area (Å²) in [4.78, 5) is 12.9. The van der Waals surface area contributed by atoms with E-state index < -0.39 is 10.0 Å². The largest absolute Gasteiger partial charge is 0.349 e. The molecule has 6 heteroatoms. The molecule has 1 saturated heterocycles. The van der Waals surface area contributed by atoms with E-state index in [0.29, 0.717) is 30.8 Å². The molecule has 0 aliphatic carbocycles. The van der Waals surface area contributed by atoms with Gasteiger partial charge in [0, 0.05) is 19.0 Å². The topological polar surface area (TPSA) is 66.5 Å². The molecule has 2 aromatic carbocycles. The van der Waals surface area contributed by atoms with Crippen LogP contribution in [-0.4, -0.2) is 31.7 Å². The Balaban J connectivity index is 1.59. The zero-order valence-electron chi connectivity index (χ0n) is 15.8. The van der Waals surface area contributed by atoms with E-state index in [1.54, 1.807) is 30.3 Å². The molecule has 3 rings (SSSR count). The molecule has 1 aliphatic heterocycles. The molecule has 5 nitrogen and oxygen atoms in total. The fourth-order valence-corrected chi connectivity index (χ4v) is 5.07. The van der Waals surface area contributed by atoms with Crippen LogP contribution in [0.15, 0.2) is 59.5 Å². The summed E-state index contributed by atoms with van der Waals surface area (Å²) in [5.41, 5.74) is 2.25. The van der Waals surface area contributed by atoms with Gasteiger partial charge in [-0.15, -0.1) is 0 Å². The van der Waals surface area contributed by atoms with Gasteiger partial charge in [-0.2, -0.15) is 4.31 Å². The van der Waals surface area contributed by atoms with Crippen LogP contribution >= 0.6 is 0 Å². The van der Waals surface area contributed by atoms with Gasteiger partial charge in [-0.1, -0.05) is 42.5 Å². The number of rotatable bonds is 5. The number of carbonyl (C=O) groups excluding carboxylic acids is 1. The van der Waals surface area contributed by atoms with Gasteiger partial charge in [0.25, 0.3) is 0 Å². The van der Waals surface area contributed by atoms with Crippen LogP contribution in [0.5, 0.6) is 0 Å². The van der Waals surface area contributed by atoms with Crippen molar-refractivity contribution in [3.63, 3.8) is 0 Å². The van der Waals surface area contributed by atoms with Crippen molar-refractivity contribution >= 4 is 15.9 Å². The summed E-state index contributed by atoms with van der Waals surface area (Å²) >= 11 is 0. The second kappa shape index (κ2) is 8.23. The first-order valence-electron chi connectivity index (χ1n) is 9.30. The molecule has 0 radical (unpaired) electrons. The maximum absolute atomic E-state index is 12.7. The van der Waals surface area contributed by atoms with Crippen molar-refractivity contribution in [2.75, 3.05) is 13.1 Å². The molecule has 1 atom stereocenters. The van der Waals surface area contributed by atoms with Gasteiger partial charge in [0.15, 0.2) is 0 Å². The first-order chi connectivity index (χ1) is 12.9. The fraction of sp³-hybridized carbons (Fsp3) is 0.381. The Hall–Kier alpha value is -2.18. The van der Waals surface area contributed by atoms with Crippen LogP contribution in [0.1, 0.15) is 36.9 Å². The normalized spacial score (nSPS) is 17.4. The quantitative estimate of drug-likeness (QED) is 0.858. The van der Waals surface area contributed by atoms with E-state index >= 15 is 0 Å². The van der Waals surface area contributed by atoms with Crippen LogP contribution in [0.25, 0.3) is 0 Å². The van der Waals surface area contributed by atoms with E-state index in [-0.39, 0.29) is 17.9 Å². The highest BCUT2D eigenvalue weighted by molar-refractivity contribution is 7.89. The molecule has 0 spiro atoms. The van der Waals surface area contributed by atoms with Crippen molar-refractivity contribution in [3.05, 3.63) is 65.7 Å². The van der Waals surface area contributed by atoms with Gasteiger partial charge in [0.05, 0.1) is 10.9 Å². The third kappa shape index (κ3) is 4.39. The monoisotopic (exact) mass is 386 g/mol. The van der Waals surface area contributed by atoms with Crippen molar-refractivity contribution in [1.29, 1.82) is 0 Å². The molecular formula is C21H26N2O3S. The van der Waals surface area contributed by atoms with Crippen LogP contribution in [0.2, 0.25) is 0 Å². The third-order valence-corrected chi connectivity index (χ3v) is 7.13. The highest BCUT2D eigenvalue weighted by atomic mass is 32.2. The van der Waals surface area contributed by atoms with Gasteiger partial charge in [0.1, 0.15) is 0 Å². The predicted octanol–water partition coefficient (Wildman–Crippen LogP) is 3.27. The molecule has 1 aliphatic rings. The molecule has 0 bridgehead atoms. The fourth-order valence-electron chi connectivity index (χ4n) is 3.58. The summed E-state index contributed by atoms with van der Waals surface area (Å²) in [5, 5.41) is 3.09.